The molecule has 2 amide bonds. The zero-order chi connectivity index (χ0) is 12.1. The molecule has 0 bridgehead atoms. The summed E-state index contributed by atoms with van der Waals surface area (Å²) in [7, 11) is 1.48. The number of hydrogen-bond acceptors (Lipinski definition) is 4. The van der Waals surface area contributed by atoms with E-state index < -0.39 is 18.0 Å². The molecular weight excluding hydrogens is 246 g/mol. The van der Waals surface area contributed by atoms with Crippen LogP contribution in [0.25, 0.3) is 0 Å². The Morgan fingerprint density at radius 2 is 2.12 bits per heavy atom. The summed E-state index contributed by atoms with van der Waals surface area (Å²) in [6.45, 7) is 0.699. The van der Waals surface area contributed by atoms with E-state index in [4.69, 9.17) is 16.2 Å². The van der Waals surface area contributed by atoms with Crippen molar-refractivity contribution in [3.05, 3.63) is 0 Å². The van der Waals surface area contributed by atoms with Crippen LogP contribution in [-0.2, 0) is 14.3 Å². The van der Waals surface area contributed by atoms with E-state index in [9.17, 15) is 9.59 Å². The van der Waals surface area contributed by atoms with Crippen LogP contribution < -0.4 is 11.5 Å². The van der Waals surface area contributed by atoms with Gasteiger partial charge in [-0.1, -0.05) is 0 Å². The minimum atomic E-state index is -0.718. The number of primary amides is 1. The Bertz CT molecular complexity index is 276. The van der Waals surface area contributed by atoms with Crippen LogP contribution in [0.2, 0.25) is 0 Å². The summed E-state index contributed by atoms with van der Waals surface area (Å²) < 4.78 is 4.82. The molecule has 0 spiro atoms. The van der Waals surface area contributed by atoms with Gasteiger partial charge in [0, 0.05) is 13.7 Å². The number of nitrogens with zero attached hydrogens (tertiary/aromatic N) is 1. The summed E-state index contributed by atoms with van der Waals surface area (Å²) in [6.07, 6.45) is 2.42. The number of methoxy groups -OCH3 is 1. The van der Waals surface area contributed by atoms with Crippen molar-refractivity contribution in [2.24, 2.45) is 11.5 Å². The molecule has 1 aliphatic heterocycles. The molecule has 0 radical (unpaired) electrons. The van der Waals surface area contributed by atoms with E-state index in [1.165, 1.54) is 12.0 Å². The van der Waals surface area contributed by atoms with Crippen LogP contribution >= 0.6 is 12.4 Å². The molecule has 1 saturated heterocycles. The number of carbonyl (C=O) groups is 2. The fourth-order valence-electron chi connectivity index (χ4n) is 1.95. The van der Waals surface area contributed by atoms with Crippen molar-refractivity contribution >= 4 is 24.2 Å². The first-order chi connectivity index (χ1) is 7.57. The van der Waals surface area contributed by atoms with Gasteiger partial charge >= 0.3 is 0 Å². The second-order valence-electron chi connectivity index (χ2n) is 4.01. The standard InChI is InChI=1S/C10H19N3O3.ClH/c1-16-6-7(11)10(15)13-5-3-2-4-8(13)9(12)14;/h7-8H,2-6,11H2,1H3,(H2,12,14);1H. The normalized spacial score (nSPS) is 21.5. The monoisotopic (exact) mass is 265 g/mol. The van der Waals surface area contributed by atoms with Gasteiger partial charge in [-0.05, 0) is 19.3 Å². The second-order valence-corrected chi connectivity index (χ2v) is 4.01. The highest BCUT2D eigenvalue weighted by molar-refractivity contribution is 5.89. The Labute approximate surface area is 107 Å². The number of nitrogens with two attached hydrogens (primary N) is 2. The summed E-state index contributed by atoms with van der Waals surface area (Å²) in [4.78, 5) is 24.6. The molecule has 2 unspecified atom stereocenters. The fraction of sp³-hybridized carbons (Fsp3) is 0.800. The van der Waals surface area contributed by atoms with E-state index in [-0.39, 0.29) is 24.9 Å². The van der Waals surface area contributed by atoms with Gasteiger partial charge in [-0.2, -0.15) is 0 Å². The largest absolute Gasteiger partial charge is 0.383 e. The van der Waals surface area contributed by atoms with Crippen molar-refractivity contribution in [1.29, 1.82) is 0 Å². The predicted molar refractivity (Wildman–Crippen MR) is 65.6 cm³/mol. The predicted octanol–water partition coefficient (Wildman–Crippen LogP) is -0.752. The number of ether oxygens (including phenoxy) is 1. The smallest absolute Gasteiger partial charge is 0.242 e. The Morgan fingerprint density at radius 1 is 1.47 bits per heavy atom. The van der Waals surface area contributed by atoms with Gasteiger partial charge in [0.25, 0.3) is 0 Å². The van der Waals surface area contributed by atoms with Gasteiger partial charge in [0.1, 0.15) is 12.1 Å². The third-order valence-electron chi connectivity index (χ3n) is 2.78. The number of rotatable bonds is 4. The average Bonchev–Trinajstić information content (AvgIpc) is 2.28. The van der Waals surface area contributed by atoms with Crippen LogP contribution in [0, 0.1) is 0 Å². The quantitative estimate of drug-likeness (QED) is 0.699. The van der Waals surface area contributed by atoms with Crippen molar-refractivity contribution in [2.45, 2.75) is 31.3 Å². The molecule has 1 fully saturated rings. The van der Waals surface area contributed by atoms with Gasteiger partial charge in [-0.25, -0.2) is 0 Å². The summed E-state index contributed by atoms with van der Waals surface area (Å²) in [5.74, 6) is -0.719. The highest BCUT2D eigenvalue weighted by Crippen LogP contribution is 2.17. The third-order valence-corrected chi connectivity index (χ3v) is 2.78. The number of amides is 2. The van der Waals surface area contributed by atoms with Crippen LogP contribution in [0.4, 0.5) is 0 Å². The highest BCUT2D eigenvalue weighted by Gasteiger charge is 2.32. The maximum Gasteiger partial charge on any atom is 0.242 e. The molecule has 0 saturated carbocycles. The number of halogens is 1. The molecule has 1 heterocycles. The summed E-state index contributed by atoms with van der Waals surface area (Å²) in [6, 6.07) is -1.23. The SMILES string of the molecule is COCC(N)C(=O)N1CCCCC1C(N)=O.Cl. The van der Waals surface area contributed by atoms with Crippen LogP contribution in [0.3, 0.4) is 0 Å². The molecule has 4 N–H and O–H groups in total. The van der Waals surface area contributed by atoms with E-state index in [0.717, 1.165) is 12.8 Å². The summed E-state index contributed by atoms with van der Waals surface area (Å²) in [5, 5.41) is 0. The van der Waals surface area contributed by atoms with Gasteiger partial charge < -0.3 is 21.1 Å². The molecule has 0 aromatic carbocycles. The van der Waals surface area contributed by atoms with Gasteiger partial charge in [-0.3, -0.25) is 9.59 Å². The van der Waals surface area contributed by atoms with Crippen LogP contribution in [0.1, 0.15) is 19.3 Å². The van der Waals surface area contributed by atoms with Crippen molar-refractivity contribution in [2.75, 3.05) is 20.3 Å². The van der Waals surface area contributed by atoms with Gasteiger partial charge in [-0.15, -0.1) is 12.4 Å². The van der Waals surface area contributed by atoms with E-state index in [2.05, 4.69) is 0 Å². The van der Waals surface area contributed by atoms with Crippen LogP contribution in [0.5, 0.6) is 0 Å². The molecule has 7 heteroatoms. The molecule has 1 rings (SSSR count). The molecule has 100 valence electrons. The first kappa shape index (κ1) is 16.1. The van der Waals surface area contributed by atoms with E-state index in [1.54, 1.807) is 0 Å². The molecule has 0 aliphatic carbocycles. The number of hydrogen-bond donors (Lipinski definition) is 2. The maximum atomic E-state index is 11.9. The lowest BCUT2D eigenvalue weighted by atomic mass is 10.0. The summed E-state index contributed by atoms with van der Waals surface area (Å²) in [5.41, 5.74) is 10.9. The van der Waals surface area contributed by atoms with Gasteiger partial charge in [0.15, 0.2) is 0 Å². The van der Waals surface area contributed by atoms with Crippen molar-refractivity contribution in [3.63, 3.8) is 0 Å². The molecular formula is C10H20ClN3O3. The number of carbonyl (C=O) groups excluding carboxylic acids is 2. The Morgan fingerprint density at radius 3 is 2.65 bits per heavy atom. The average molecular weight is 266 g/mol. The highest BCUT2D eigenvalue weighted by atomic mass is 35.5. The van der Waals surface area contributed by atoms with E-state index >= 15 is 0 Å². The van der Waals surface area contributed by atoms with Gasteiger partial charge in [0.2, 0.25) is 11.8 Å². The van der Waals surface area contributed by atoms with Crippen molar-refractivity contribution < 1.29 is 14.3 Å². The van der Waals surface area contributed by atoms with Crippen molar-refractivity contribution in [1.82, 2.24) is 4.90 Å². The lowest BCUT2D eigenvalue weighted by Crippen LogP contribution is -2.56. The second kappa shape index (κ2) is 7.47. The molecule has 0 aromatic rings. The number of likely N-dealkylation sites (tertiary alicyclic amines) is 1. The van der Waals surface area contributed by atoms with E-state index in [0.29, 0.717) is 13.0 Å². The lowest BCUT2D eigenvalue weighted by Gasteiger charge is -2.35. The Hall–Kier alpha value is -0.850. The zero-order valence-electron chi connectivity index (χ0n) is 9.93. The lowest BCUT2D eigenvalue weighted by molar-refractivity contribution is -0.143. The summed E-state index contributed by atoms with van der Waals surface area (Å²) >= 11 is 0. The maximum absolute atomic E-state index is 11.9. The van der Waals surface area contributed by atoms with Crippen LogP contribution in [-0.4, -0.2) is 49.1 Å². The molecule has 0 aromatic heterocycles. The molecule has 1 aliphatic rings. The van der Waals surface area contributed by atoms with Crippen LogP contribution in [0.15, 0.2) is 0 Å². The van der Waals surface area contributed by atoms with Crippen molar-refractivity contribution in [3.8, 4) is 0 Å². The molecule has 17 heavy (non-hydrogen) atoms. The Balaban J connectivity index is 0.00000256. The Kier molecular flexibility index (Phi) is 7.10. The van der Waals surface area contributed by atoms with Gasteiger partial charge in [0.05, 0.1) is 6.61 Å². The minimum Gasteiger partial charge on any atom is -0.383 e. The topological polar surface area (TPSA) is 98.7 Å². The number of piperidine rings is 1. The molecule has 2 atom stereocenters. The first-order valence-electron chi connectivity index (χ1n) is 5.42. The zero-order valence-corrected chi connectivity index (χ0v) is 10.7. The fourth-order valence-corrected chi connectivity index (χ4v) is 1.95. The third kappa shape index (κ3) is 4.14. The first-order valence-corrected chi connectivity index (χ1v) is 5.42. The molecule has 6 nitrogen and oxygen atoms in total. The van der Waals surface area contributed by atoms with E-state index in [1.807, 2.05) is 0 Å². The minimum absolute atomic E-state index is 0.